The largest absolute Gasteiger partial charge is 0.489 e. The number of nitrogens with zero attached hydrogens (tertiary/aromatic N) is 3. The third-order valence-electron chi connectivity index (χ3n) is 8.08. The number of aliphatic hydroxyl groups is 1. The van der Waals surface area contributed by atoms with Crippen LogP contribution in [0.5, 0.6) is 5.75 Å². The third-order valence-corrected chi connectivity index (χ3v) is 8.08. The number of hydrogen-bond donors (Lipinski definition) is 2. The first-order valence-corrected chi connectivity index (χ1v) is 13.2. The van der Waals surface area contributed by atoms with Gasteiger partial charge in [0, 0.05) is 29.6 Å². The highest BCUT2D eigenvalue weighted by Crippen LogP contribution is 2.54. The van der Waals surface area contributed by atoms with Crippen molar-refractivity contribution in [1.29, 1.82) is 0 Å². The second-order valence-electron chi connectivity index (χ2n) is 11.7. The zero-order chi connectivity index (χ0) is 28.3. The van der Waals surface area contributed by atoms with Crippen LogP contribution in [0, 0.1) is 24.0 Å². The Hall–Kier alpha value is -2.98. The molecule has 1 spiro atoms. The molecular weight excluding hydrogens is 512 g/mol. The van der Waals surface area contributed by atoms with Crippen molar-refractivity contribution in [3.05, 3.63) is 58.9 Å². The van der Waals surface area contributed by atoms with Gasteiger partial charge in [-0.2, -0.15) is 8.78 Å². The summed E-state index contributed by atoms with van der Waals surface area (Å²) < 4.78 is 65.9. The Labute approximate surface area is 225 Å². The number of likely N-dealkylation sites (tertiary alicyclic amines) is 1. The van der Waals surface area contributed by atoms with Crippen molar-refractivity contribution in [1.82, 2.24) is 14.9 Å². The van der Waals surface area contributed by atoms with Crippen molar-refractivity contribution in [3.8, 4) is 5.75 Å². The van der Waals surface area contributed by atoms with E-state index < -0.39 is 34.8 Å². The molecule has 0 amide bonds. The zero-order valence-corrected chi connectivity index (χ0v) is 22.8. The van der Waals surface area contributed by atoms with Crippen molar-refractivity contribution in [3.63, 3.8) is 0 Å². The molecule has 2 atom stereocenters. The lowest BCUT2D eigenvalue weighted by molar-refractivity contribution is -0.170. The van der Waals surface area contributed by atoms with Crippen molar-refractivity contribution < 1.29 is 27.4 Å². The van der Waals surface area contributed by atoms with E-state index in [1.165, 1.54) is 37.1 Å². The summed E-state index contributed by atoms with van der Waals surface area (Å²) in [6.07, 6.45) is 3.48. The Balaban J connectivity index is 1.43. The highest BCUT2D eigenvalue weighted by atomic mass is 19.3. The summed E-state index contributed by atoms with van der Waals surface area (Å²) in [5.41, 5.74) is -2.66. The third kappa shape index (κ3) is 5.16. The lowest BCUT2D eigenvalue weighted by Crippen LogP contribution is -2.41. The summed E-state index contributed by atoms with van der Waals surface area (Å²) in [7, 11) is 2.06. The Bertz CT molecular complexity index is 1400. The fourth-order valence-corrected chi connectivity index (χ4v) is 5.50. The molecule has 6 nitrogen and oxygen atoms in total. The van der Waals surface area contributed by atoms with Gasteiger partial charge >= 0.3 is 5.92 Å². The van der Waals surface area contributed by atoms with Crippen LogP contribution in [0.15, 0.2) is 30.3 Å². The molecule has 5 rings (SSSR count). The van der Waals surface area contributed by atoms with Gasteiger partial charge in [0.05, 0.1) is 17.1 Å². The predicted octanol–water partition coefficient (Wildman–Crippen LogP) is 6.12. The average molecular weight is 547 g/mol. The van der Waals surface area contributed by atoms with Gasteiger partial charge in [-0.1, -0.05) is 12.1 Å². The molecule has 1 aliphatic carbocycles. The number of rotatable bonds is 8. The molecule has 2 heterocycles. The van der Waals surface area contributed by atoms with Gasteiger partial charge < -0.3 is 15.2 Å². The normalized spacial score (nSPS) is 20.0. The summed E-state index contributed by atoms with van der Waals surface area (Å²) in [6, 6.07) is 5.89. The van der Waals surface area contributed by atoms with Crippen LogP contribution in [0.4, 0.5) is 23.4 Å². The van der Waals surface area contributed by atoms with E-state index in [9.17, 15) is 18.3 Å². The van der Waals surface area contributed by atoms with Crippen LogP contribution in [0.2, 0.25) is 0 Å². The van der Waals surface area contributed by atoms with Crippen molar-refractivity contribution >= 4 is 16.7 Å². The summed E-state index contributed by atoms with van der Waals surface area (Å²) >= 11 is 0. The van der Waals surface area contributed by atoms with E-state index in [0.29, 0.717) is 34.6 Å². The highest BCUT2D eigenvalue weighted by Gasteiger charge is 2.51. The topological polar surface area (TPSA) is 70.5 Å². The molecule has 0 radical (unpaired) electrons. The summed E-state index contributed by atoms with van der Waals surface area (Å²) in [6.45, 7) is 6.50. The Morgan fingerprint density at radius 2 is 1.92 bits per heavy atom. The number of aryl methyl sites for hydroxylation is 1. The van der Waals surface area contributed by atoms with Gasteiger partial charge in [0.15, 0.2) is 11.6 Å². The molecule has 1 saturated carbocycles. The lowest BCUT2D eigenvalue weighted by Gasteiger charge is -2.30. The fourth-order valence-electron chi connectivity index (χ4n) is 5.50. The number of fused-ring (bicyclic) bond motifs is 1. The first kappa shape index (κ1) is 27.6. The number of nitrogens with one attached hydrogen (secondary N) is 1. The zero-order valence-electron chi connectivity index (χ0n) is 22.8. The Kier molecular flexibility index (Phi) is 6.78. The maximum Gasteiger partial charge on any atom is 0.303 e. The number of aromatic nitrogens is 2. The van der Waals surface area contributed by atoms with Crippen LogP contribution < -0.4 is 10.1 Å². The van der Waals surface area contributed by atoms with Gasteiger partial charge in [0.2, 0.25) is 0 Å². The van der Waals surface area contributed by atoms with E-state index in [1.54, 1.807) is 13.8 Å². The molecule has 1 aliphatic heterocycles. The highest BCUT2D eigenvalue weighted by molar-refractivity contribution is 5.90. The minimum absolute atomic E-state index is 0.0299. The minimum atomic E-state index is -3.82. The van der Waals surface area contributed by atoms with Crippen molar-refractivity contribution in [2.24, 2.45) is 5.41 Å². The van der Waals surface area contributed by atoms with Crippen LogP contribution in [0.3, 0.4) is 0 Å². The molecule has 3 aromatic rings. The summed E-state index contributed by atoms with van der Waals surface area (Å²) in [5.74, 6) is -4.77. The quantitative estimate of drug-likeness (QED) is 0.332. The number of benzene rings is 2. The van der Waals surface area contributed by atoms with E-state index >= 15 is 4.39 Å². The second kappa shape index (κ2) is 9.59. The number of hydrogen-bond acceptors (Lipinski definition) is 6. The lowest BCUT2D eigenvalue weighted by atomic mass is 9.91. The Morgan fingerprint density at radius 1 is 1.21 bits per heavy atom. The molecular formula is C29H34F4N4O2. The number of likely N-dealkylation sites (N-methyl/N-ethyl adjacent to an activating group) is 1. The molecule has 2 N–H and O–H groups in total. The smallest absolute Gasteiger partial charge is 0.303 e. The minimum Gasteiger partial charge on any atom is -0.489 e. The van der Waals surface area contributed by atoms with E-state index in [4.69, 9.17) is 4.74 Å². The summed E-state index contributed by atoms with van der Waals surface area (Å²) in [5, 5.41) is 13.5. The molecule has 10 heteroatoms. The predicted molar refractivity (Wildman–Crippen MR) is 141 cm³/mol. The molecule has 0 bridgehead atoms. The van der Waals surface area contributed by atoms with Gasteiger partial charge in [-0.05, 0) is 71.6 Å². The molecule has 2 aliphatic rings. The van der Waals surface area contributed by atoms with Crippen molar-refractivity contribution in [2.45, 2.75) is 70.6 Å². The maximum absolute atomic E-state index is 15.4. The monoisotopic (exact) mass is 546 g/mol. The SMILES string of the molecule is Cc1nc(N[C@H](C)c2cccc(C(F)(F)C(C)(C)O)c2F)c2cc(OC[C@@H]3CC4(CC4)CN3C)c(F)cc2n1. The van der Waals surface area contributed by atoms with E-state index in [2.05, 4.69) is 27.2 Å². The van der Waals surface area contributed by atoms with Crippen LogP contribution in [0.25, 0.3) is 10.9 Å². The molecule has 210 valence electrons. The molecule has 39 heavy (non-hydrogen) atoms. The average Bonchev–Trinajstić information content (AvgIpc) is 3.51. The van der Waals surface area contributed by atoms with E-state index in [-0.39, 0.29) is 17.4 Å². The van der Waals surface area contributed by atoms with Crippen LogP contribution in [0.1, 0.15) is 63.0 Å². The van der Waals surface area contributed by atoms with Crippen LogP contribution in [-0.4, -0.2) is 51.8 Å². The first-order valence-electron chi connectivity index (χ1n) is 13.2. The van der Waals surface area contributed by atoms with E-state index in [0.717, 1.165) is 32.9 Å². The van der Waals surface area contributed by atoms with Crippen LogP contribution in [-0.2, 0) is 5.92 Å². The molecule has 2 fully saturated rings. The number of alkyl halides is 2. The second-order valence-corrected chi connectivity index (χ2v) is 11.7. The van der Waals surface area contributed by atoms with E-state index in [1.807, 2.05) is 0 Å². The first-order chi connectivity index (χ1) is 18.2. The van der Waals surface area contributed by atoms with Crippen molar-refractivity contribution in [2.75, 3.05) is 25.5 Å². The number of anilines is 1. The molecule has 0 unspecified atom stereocenters. The van der Waals surface area contributed by atoms with Gasteiger partial charge in [-0.15, -0.1) is 0 Å². The van der Waals surface area contributed by atoms with Gasteiger partial charge in [-0.25, -0.2) is 18.7 Å². The maximum atomic E-state index is 15.4. The number of ether oxygens (including phenoxy) is 1. The van der Waals surface area contributed by atoms with Crippen LogP contribution >= 0.6 is 0 Å². The van der Waals surface area contributed by atoms with Gasteiger partial charge in [-0.3, -0.25) is 4.90 Å². The van der Waals surface area contributed by atoms with Gasteiger partial charge in [0.25, 0.3) is 0 Å². The fraction of sp³-hybridized carbons (Fsp3) is 0.517. The summed E-state index contributed by atoms with van der Waals surface area (Å²) in [4.78, 5) is 11.0. The Morgan fingerprint density at radius 3 is 2.56 bits per heavy atom. The van der Waals surface area contributed by atoms with Gasteiger partial charge in [0.1, 0.15) is 29.7 Å². The standard InChI is InChI=1S/C29H34F4N4O2/c1-16(19-7-6-8-21(25(19)31)29(32,33)27(3,4)38)34-26-20-11-24(22(30)12-23(20)35-17(2)36-26)39-14-18-13-28(9-10-28)15-37(18)5/h6-8,11-12,16,18,38H,9-10,13-15H2,1-5H3,(H,34,35,36)/t16-,18+/m1/s1. The number of halogens is 4. The molecule has 1 aromatic heterocycles. The molecule has 2 aromatic carbocycles. The molecule has 1 saturated heterocycles.